The molecule has 0 saturated carbocycles. The van der Waals surface area contributed by atoms with E-state index in [-0.39, 0.29) is 32.7 Å². The summed E-state index contributed by atoms with van der Waals surface area (Å²) in [6, 6.07) is 3.16. The van der Waals surface area contributed by atoms with Gasteiger partial charge < -0.3 is 15.2 Å². The summed E-state index contributed by atoms with van der Waals surface area (Å²) in [5, 5.41) is 2.09. The first-order chi connectivity index (χ1) is 15.0. The Morgan fingerprint density at radius 2 is 1.78 bits per heavy atom. The number of anilines is 1. The number of hydrogen-bond acceptors (Lipinski definition) is 4. The van der Waals surface area contributed by atoms with Crippen LogP contribution in [-0.2, 0) is 15.6 Å². The number of H-pyrrole nitrogens is 1. The van der Waals surface area contributed by atoms with Crippen molar-refractivity contribution in [3.63, 3.8) is 0 Å². The first kappa shape index (κ1) is 22.2. The number of urea groups is 1. The molecule has 4 rings (SSSR count). The van der Waals surface area contributed by atoms with E-state index in [1.807, 2.05) is 0 Å². The van der Waals surface area contributed by atoms with Gasteiger partial charge in [0.05, 0.1) is 28.0 Å². The Morgan fingerprint density at radius 1 is 1.12 bits per heavy atom. The van der Waals surface area contributed by atoms with Gasteiger partial charge in [0.25, 0.3) is 5.56 Å². The van der Waals surface area contributed by atoms with Crippen molar-refractivity contribution in [2.75, 3.05) is 18.1 Å². The highest BCUT2D eigenvalue weighted by molar-refractivity contribution is 7.90. The lowest BCUT2D eigenvalue weighted by atomic mass is 9.97. The number of nitrogens with one attached hydrogen (secondary N) is 2. The third-order valence-electron chi connectivity index (χ3n) is 5.25. The highest BCUT2D eigenvalue weighted by Gasteiger charge is 2.37. The second kappa shape index (κ2) is 7.82. The number of aromatic nitrogens is 1. The summed E-state index contributed by atoms with van der Waals surface area (Å²) in [6.45, 7) is 0. The van der Waals surface area contributed by atoms with Gasteiger partial charge in [-0.25, -0.2) is 26.4 Å². The summed E-state index contributed by atoms with van der Waals surface area (Å²) in [7, 11) is -2.43. The normalized spacial score (nSPS) is 17.1. The Balaban J connectivity index is 1.81. The van der Waals surface area contributed by atoms with Crippen molar-refractivity contribution in [3.8, 4) is 0 Å². The van der Waals surface area contributed by atoms with Crippen LogP contribution in [-0.4, -0.2) is 37.1 Å². The molecular weight excluding hydrogens is 471 g/mol. The van der Waals surface area contributed by atoms with Gasteiger partial charge in [-0.05, 0) is 35.7 Å². The molecule has 0 fully saturated rings. The van der Waals surface area contributed by atoms with E-state index >= 15 is 0 Å². The van der Waals surface area contributed by atoms with Crippen molar-refractivity contribution in [2.45, 2.75) is 11.8 Å². The van der Waals surface area contributed by atoms with Crippen molar-refractivity contribution in [2.24, 2.45) is 0 Å². The Bertz CT molecular complexity index is 1440. The van der Waals surface area contributed by atoms with Crippen molar-refractivity contribution in [3.05, 3.63) is 74.4 Å². The molecule has 1 unspecified atom stereocenters. The van der Waals surface area contributed by atoms with Gasteiger partial charge in [0.1, 0.15) is 5.82 Å². The Morgan fingerprint density at radius 3 is 2.44 bits per heavy atom. The van der Waals surface area contributed by atoms with E-state index in [1.54, 1.807) is 0 Å². The molecule has 0 radical (unpaired) electrons. The fraction of sp³-hybridized carbons (Fsp3) is 0.200. The number of hydrogen-bond donors (Lipinski definition) is 2. The van der Waals surface area contributed by atoms with Crippen LogP contribution in [0.15, 0.2) is 35.1 Å². The van der Waals surface area contributed by atoms with Gasteiger partial charge in [-0.2, -0.15) is 0 Å². The van der Waals surface area contributed by atoms with Crippen LogP contribution in [0.3, 0.4) is 0 Å². The van der Waals surface area contributed by atoms with E-state index in [0.717, 1.165) is 23.1 Å². The monoisotopic (exact) mass is 485 g/mol. The molecule has 7 nitrogen and oxygen atoms in total. The summed E-state index contributed by atoms with van der Waals surface area (Å²) in [5.41, 5.74) is -0.425. The van der Waals surface area contributed by atoms with E-state index < -0.39 is 56.4 Å². The van der Waals surface area contributed by atoms with E-state index in [0.29, 0.717) is 0 Å². The average Bonchev–Trinajstić information content (AvgIpc) is 2.70. The molecule has 32 heavy (non-hydrogen) atoms. The zero-order valence-corrected chi connectivity index (χ0v) is 18.0. The molecule has 2 heterocycles. The van der Waals surface area contributed by atoms with Gasteiger partial charge >= 0.3 is 6.03 Å². The third-order valence-corrected chi connectivity index (χ3v) is 7.09. The number of nitrogens with zero attached hydrogens (tertiary/aromatic N) is 1. The van der Waals surface area contributed by atoms with Crippen LogP contribution in [0.5, 0.6) is 0 Å². The number of amides is 2. The number of benzene rings is 2. The highest BCUT2D eigenvalue weighted by atomic mass is 35.5. The second-order valence-electron chi connectivity index (χ2n) is 7.40. The van der Waals surface area contributed by atoms with Gasteiger partial charge in [0.2, 0.25) is 0 Å². The first-order valence-corrected chi connectivity index (χ1v) is 11.4. The smallest absolute Gasteiger partial charge is 0.322 e. The molecule has 2 N–H and O–H groups in total. The predicted octanol–water partition coefficient (Wildman–Crippen LogP) is 3.73. The van der Waals surface area contributed by atoms with E-state index in [9.17, 15) is 31.2 Å². The topological polar surface area (TPSA) is 99.3 Å². The van der Waals surface area contributed by atoms with Crippen LogP contribution in [0, 0.1) is 17.5 Å². The average molecular weight is 486 g/mol. The number of aromatic amines is 1. The zero-order valence-electron chi connectivity index (χ0n) is 16.4. The van der Waals surface area contributed by atoms with Crippen molar-refractivity contribution < 1.29 is 26.4 Å². The first-order valence-electron chi connectivity index (χ1n) is 9.20. The number of rotatable bonds is 2. The number of sulfone groups is 1. The summed E-state index contributed by atoms with van der Waals surface area (Å²) < 4.78 is 66.1. The quantitative estimate of drug-likeness (QED) is 0.577. The minimum atomic E-state index is -3.74. The fourth-order valence-corrected chi connectivity index (χ4v) is 5.56. The predicted molar refractivity (Wildman–Crippen MR) is 113 cm³/mol. The van der Waals surface area contributed by atoms with Crippen molar-refractivity contribution in [1.82, 2.24) is 9.88 Å². The lowest BCUT2D eigenvalue weighted by Gasteiger charge is -2.33. The van der Waals surface area contributed by atoms with Gasteiger partial charge in [-0.15, -0.1) is 0 Å². The molecule has 1 atom stereocenters. The highest BCUT2D eigenvalue weighted by Crippen LogP contribution is 2.36. The van der Waals surface area contributed by atoms with E-state index in [4.69, 9.17) is 11.6 Å². The molecule has 12 heteroatoms. The van der Waals surface area contributed by atoms with Gasteiger partial charge in [-0.1, -0.05) is 11.6 Å². The summed E-state index contributed by atoms with van der Waals surface area (Å²) in [4.78, 5) is 28.7. The minimum Gasteiger partial charge on any atom is -0.324 e. The maximum atomic E-state index is 14.0. The fourth-order valence-electron chi connectivity index (χ4n) is 3.72. The Kier molecular flexibility index (Phi) is 5.41. The summed E-state index contributed by atoms with van der Waals surface area (Å²) in [6.07, 6.45) is 0. The van der Waals surface area contributed by atoms with Crippen molar-refractivity contribution in [1.29, 1.82) is 0 Å². The maximum Gasteiger partial charge on any atom is 0.322 e. The molecule has 0 spiro atoms. The number of fused-ring (bicyclic) bond motifs is 3. The Hall–Kier alpha value is -3.05. The molecule has 2 amide bonds. The van der Waals surface area contributed by atoms with E-state index in [2.05, 4.69) is 10.3 Å². The molecule has 1 aromatic heterocycles. The second-order valence-corrected chi connectivity index (χ2v) is 9.91. The molecule has 1 aliphatic rings. The lowest BCUT2D eigenvalue weighted by molar-refractivity contribution is 0.208. The summed E-state index contributed by atoms with van der Waals surface area (Å²) in [5.74, 6) is -4.16. The number of carbonyl (C=O) groups is 1. The van der Waals surface area contributed by atoms with Crippen LogP contribution in [0.25, 0.3) is 10.8 Å². The van der Waals surface area contributed by atoms with Crippen LogP contribution >= 0.6 is 11.6 Å². The van der Waals surface area contributed by atoms with Gasteiger partial charge in [0.15, 0.2) is 21.5 Å². The van der Waals surface area contributed by atoms with Crippen LogP contribution in [0.2, 0.25) is 5.02 Å². The van der Waals surface area contributed by atoms with Crippen LogP contribution in [0.4, 0.5) is 23.7 Å². The van der Waals surface area contributed by atoms with Crippen LogP contribution in [0.1, 0.15) is 17.3 Å². The Labute approximate surface area is 184 Å². The molecule has 0 saturated heterocycles. The number of halogens is 4. The third kappa shape index (κ3) is 3.93. The van der Waals surface area contributed by atoms with Gasteiger partial charge in [0, 0.05) is 24.0 Å². The number of carbonyl (C=O) groups excluding carboxylic acids is 1. The minimum absolute atomic E-state index is 0.00534. The lowest BCUT2D eigenvalue weighted by Crippen LogP contribution is -2.41. The summed E-state index contributed by atoms with van der Waals surface area (Å²) >= 11 is 5.72. The van der Waals surface area contributed by atoms with Gasteiger partial charge in [-0.3, -0.25) is 4.79 Å². The molecule has 168 valence electrons. The molecular formula is C20H15ClF3N3O4S. The van der Waals surface area contributed by atoms with Crippen LogP contribution < -0.4 is 10.9 Å². The standard InChI is InChI=1S/C20H15ClF3N3O4S/c1-27(20(29)25-9-2-3-13(22)12(21)4-9)17-8-32(30,31)7-16-18(17)10-5-14(23)15(24)6-11(10)19(28)26-16/h2-6,17H,7-8H2,1H3,(H,25,29)(H,26,28). The number of pyridine rings is 1. The van der Waals surface area contributed by atoms with Crippen molar-refractivity contribution >= 4 is 43.9 Å². The SMILES string of the molecule is CN(C(=O)Nc1ccc(F)c(Cl)c1)C1CS(=O)(=O)Cc2[nH]c(=O)c3cc(F)c(F)cc3c21. The maximum absolute atomic E-state index is 14.0. The zero-order chi connectivity index (χ0) is 23.4. The molecule has 1 aliphatic heterocycles. The largest absolute Gasteiger partial charge is 0.324 e. The molecule has 0 aliphatic carbocycles. The molecule has 0 bridgehead atoms. The molecule has 2 aromatic carbocycles. The molecule has 3 aromatic rings. The van der Waals surface area contributed by atoms with E-state index in [1.165, 1.54) is 19.2 Å².